The van der Waals surface area contributed by atoms with Gasteiger partial charge in [0.2, 0.25) is 0 Å². The van der Waals surface area contributed by atoms with Crippen LogP contribution in [0.25, 0.3) is 0 Å². The minimum absolute atomic E-state index is 0.259. The first-order valence-electron chi connectivity index (χ1n) is 6.44. The van der Waals surface area contributed by atoms with Crippen molar-refractivity contribution in [2.24, 2.45) is 0 Å². The summed E-state index contributed by atoms with van der Waals surface area (Å²) in [5.74, 6) is -0.284. The number of hydrogen-bond donors (Lipinski definition) is 0. The van der Waals surface area contributed by atoms with E-state index in [4.69, 9.17) is 9.47 Å². The van der Waals surface area contributed by atoms with E-state index in [0.717, 1.165) is 0 Å². The molecule has 1 saturated heterocycles. The van der Waals surface area contributed by atoms with Gasteiger partial charge in [0.05, 0.1) is 13.2 Å². The molecule has 1 aliphatic heterocycles. The van der Waals surface area contributed by atoms with Gasteiger partial charge in [0, 0.05) is 0 Å². The van der Waals surface area contributed by atoms with E-state index in [-0.39, 0.29) is 12.5 Å². The summed E-state index contributed by atoms with van der Waals surface area (Å²) in [5, 5.41) is 0. The number of carbonyl (C=O) groups excluding carboxylic acids is 2. The Bertz CT molecular complexity index is 328. The first-order valence-corrected chi connectivity index (χ1v) is 6.44. The van der Waals surface area contributed by atoms with E-state index < -0.39 is 17.3 Å². The van der Waals surface area contributed by atoms with Gasteiger partial charge < -0.3 is 9.47 Å². The summed E-state index contributed by atoms with van der Waals surface area (Å²) in [6.45, 7) is 9.75. The number of imide groups is 1. The maximum atomic E-state index is 12.3. The first-order chi connectivity index (χ1) is 8.25. The van der Waals surface area contributed by atoms with Crippen LogP contribution in [0.3, 0.4) is 0 Å². The fraction of sp³-hybridized carbons (Fsp3) is 0.846. The van der Waals surface area contributed by atoms with Gasteiger partial charge in [-0.2, -0.15) is 0 Å². The van der Waals surface area contributed by atoms with E-state index in [1.807, 2.05) is 13.8 Å². The maximum Gasteiger partial charge on any atom is 0.417 e. The molecule has 5 nitrogen and oxygen atoms in total. The zero-order valence-corrected chi connectivity index (χ0v) is 11.9. The highest BCUT2D eigenvalue weighted by Gasteiger charge is 2.45. The molecule has 1 heterocycles. The molecule has 1 rings (SSSR count). The SMILES string of the molecule is CCC1(CC)OCCN(C(=O)OC(C)(C)C)C1=O. The molecule has 0 bridgehead atoms. The van der Waals surface area contributed by atoms with Gasteiger partial charge in [-0.25, -0.2) is 9.69 Å². The molecule has 0 aromatic heterocycles. The number of ether oxygens (including phenoxy) is 2. The number of rotatable bonds is 2. The van der Waals surface area contributed by atoms with Crippen molar-refractivity contribution in [1.29, 1.82) is 0 Å². The molecule has 0 aromatic rings. The average molecular weight is 257 g/mol. The van der Waals surface area contributed by atoms with Crippen molar-refractivity contribution in [3.05, 3.63) is 0 Å². The van der Waals surface area contributed by atoms with Crippen LogP contribution in [0, 0.1) is 0 Å². The lowest BCUT2D eigenvalue weighted by molar-refractivity contribution is -0.171. The molecule has 1 fully saturated rings. The molecule has 0 saturated carbocycles. The predicted octanol–water partition coefficient (Wildman–Crippen LogP) is 2.34. The van der Waals surface area contributed by atoms with Crippen LogP contribution in [0.2, 0.25) is 0 Å². The topological polar surface area (TPSA) is 55.8 Å². The quantitative estimate of drug-likeness (QED) is 0.762. The summed E-state index contributed by atoms with van der Waals surface area (Å²) in [5.41, 5.74) is -1.47. The lowest BCUT2D eigenvalue weighted by Gasteiger charge is -2.39. The van der Waals surface area contributed by atoms with Crippen LogP contribution in [0.4, 0.5) is 4.79 Å². The molecule has 18 heavy (non-hydrogen) atoms. The van der Waals surface area contributed by atoms with E-state index in [1.54, 1.807) is 20.8 Å². The zero-order chi connectivity index (χ0) is 14.0. The maximum absolute atomic E-state index is 12.3. The Morgan fingerprint density at radius 1 is 1.39 bits per heavy atom. The summed E-state index contributed by atoms with van der Waals surface area (Å²) < 4.78 is 10.8. The molecule has 0 atom stereocenters. The molecule has 1 aliphatic rings. The highest BCUT2D eigenvalue weighted by atomic mass is 16.6. The van der Waals surface area contributed by atoms with Crippen molar-refractivity contribution in [3.8, 4) is 0 Å². The van der Waals surface area contributed by atoms with E-state index in [9.17, 15) is 9.59 Å². The molecule has 0 aliphatic carbocycles. The van der Waals surface area contributed by atoms with Gasteiger partial charge in [-0.05, 0) is 33.6 Å². The van der Waals surface area contributed by atoms with Gasteiger partial charge in [0.25, 0.3) is 5.91 Å². The second kappa shape index (κ2) is 5.26. The van der Waals surface area contributed by atoms with Gasteiger partial charge in [0.15, 0.2) is 0 Å². The minimum Gasteiger partial charge on any atom is -0.443 e. The van der Waals surface area contributed by atoms with E-state index >= 15 is 0 Å². The standard InChI is InChI=1S/C13H23NO4/c1-6-13(7-2)10(15)14(8-9-17-13)11(16)18-12(3,4)5/h6-9H2,1-5H3. The van der Waals surface area contributed by atoms with Crippen molar-refractivity contribution < 1.29 is 19.1 Å². The summed E-state index contributed by atoms with van der Waals surface area (Å²) in [6.07, 6.45) is 0.533. The van der Waals surface area contributed by atoms with Crippen LogP contribution in [0.15, 0.2) is 0 Å². The number of hydrogen-bond acceptors (Lipinski definition) is 4. The van der Waals surface area contributed by atoms with Gasteiger partial charge in [-0.15, -0.1) is 0 Å². The second-order valence-corrected chi connectivity index (χ2v) is 5.49. The van der Waals surface area contributed by atoms with Crippen LogP contribution >= 0.6 is 0 Å². The van der Waals surface area contributed by atoms with E-state index in [0.29, 0.717) is 19.4 Å². The summed E-state index contributed by atoms with van der Waals surface area (Å²) >= 11 is 0. The summed E-state index contributed by atoms with van der Waals surface area (Å²) in [4.78, 5) is 25.5. The fourth-order valence-electron chi connectivity index (χ4n) is 1.99. The molecule has 0 aromatic carbocycles. The van der Waals surface area contributed by atoms with Crippen LogP contribution in [0.1, 0.15) is 47.5 Å². The Labute approximate surface area is 108 Å². The second-order valence-electron chi connectivity index (χ2n) is 5.49. The lowest BCUT2D eigenvalue weighted by Crippen LogP contribution is -2.58. The largest absolute Gasteiger partial charge is 0.443 e. The first kappa shape index (κ1) is 15.0. The fourth-order valence-corrected chi connectivity index (χ4v) is 1.99. The van der Waals surface area contributed by atoms with Crippen LogP contribution in [-0.4, -0.2) is 41.3 Å². The molecule has 2 amide bonds. The minimum atomic E-state index is -0.866. The van der Waals surface area contributed by atoms with Gasteiger partial charge in [-0.1, -0.05) is 13.8 Å². The Morgan fingerprint density at radius 2 is 1.94 bits per heavy atom. The smallest absolute Gasteiger partial charge is 0.417 e. The lowest BCUT2D eigenvalue weighted by atomic mass is 9.94. The van der Waals surface area contributed by atoms with Crippen molar-refractivity contribution in [3.63, 3.8) is 0 Å². The molecule has 0 radical (unpaired) electrons. The number of morpholine rings is 1. The van der Waals surface area contributed by atoms with Crippen LogP contribution in [-0.2, 0) is 14.3 Å². The Morgan fingerprint density at radius 3 is 2.39 bits per heavy atom. The molecular weight excluding hydrogens is 234 g/mol. The van der Waals surface area contributed by atoms with Gasteiger partial charge in [-0.3, -0.25) is 4.79 Å². The summed E-state index contributed by atoms with van der Waals surface area (Å²) in [7, 11) is 0. The van der Waals surface area contributed by atoms with Crippen molar-refractivity contribution in [2.45, 2.75) is 58.7 Å². The highest BCUT2D eigenvalue weighted by Crippen LogP contribution is 2.27. The number of nitrogens with zero attached hydrogens (tertiary/aromatic N) is 1. The number of carbonyl (C=O) groups is 2. The Balaban J connectivity index is 2.84. The predicted molar refractivity (Wildman–Crippen MR) is 67.2 cm³/mol. The molecule has 104 valence electrons. The highest BCUT2D eigenvalue weighted by molar-refractivity contribution is 5.97. The van der Waals surface area contributed by atoms with Gasteiger partial charge in [0.1, 0.15) is 11.2 Å². The average Bonchev–Trinajstić information content (AvgIpc) is 2.27. The summed E-state index contributed by atoms with van der Waals surface area (Å²) in [6, 6.07) is 0. The third-order valence-corrected chi connectivity index (χ3v) is 3.08. The van der Waals surface area contributed by atoms with Crippen LogP contribution < -0.4 is 0 Å². The van der Waals surface area contributed by atoms with Crippen molar-refractivity contribution in [1.82, 2.24) is 4.90 Å². The van der Waals surface area contributed by atoms with Crippen molar-refractivity contribution in [2.75, 3.05) is 13.2 Å². The monoisotopic (exact) mass is 257 g/mol. The number of amides is 2. The third kappa shape index (κ3) is 3.02. The molecule has 5 heteroatoms. The van der Waals surface area contributed by atoms with Crippen molar-refractivity contribution >= 4 is 12.0 Å². The zero-order valence-electron chi connectivity index (χ0n) is 11.9. The van der Waals surface area contributed by atoms with Gasteiger partial charge >= 0.3 is 6.09 Å². The molecule has 0 unspecified atom stereocenters. The van der Waals surface area contributed by atoms with Crippen LogP contribution in [0.5, 0.6) is 0 Å². The molecule has 0 N–H and O–H groups in total. The Kier molecular flexibility index (Phi) is 4.37. The normalized spacial score (nSPS) is 19.8. The van der Waals surface area contributed by atoms with E-state index in [1.165, 1.54) is 4.90 Å². The Hall–Kier alpha value is -1.10. The molecular formula is C13H23NO4. The van der Waals surface area contributed by atoms with E-state index in [2.05, 4.69) is 0 Å². The molecule has 0 spiro atoms. The third-order valence-electron chi connectivity index (χ3n) is 3.08.